The molecule has 0 fully saturated rings. The molecule has 19 heavy (non-hydrogen) atoms. The summed E-state index contributed by atoms with van der Waals surface area (Å²) in [7, 11) is 0. The Labute approximate surface area is 113 Å². The van der Waals surface area contributed by atoms with Crippen LogP contribution in [-0.4, -0.2) is 6.29 Å². The molecule has 0 unspecified atom stereocenters. The predicted octanol–water partition coefficient (Wildman–Crippen LogP) is 3.71. The largest absolute Gasteiger partial charge is 0.298 e. The van der Waals surface area contributed by atoms with Crippen molar-refractivity contribution < 1.29 is 4.79 Å². The van der Waals surface area contributed by atoms with E-state index >= 15 is 0 Å². The topological polar surface area (TPSA) is 17.1 Å². The van der Waals surface area contributed by atoms with E-state index in [1.165, 1.54) is 0 Å². The highest BCUT2D eigenvalue weighted by Gasteiger charge is 2.01. The van der Waals surface area contributed by atoms with Crippen LogP contribution in [0.25, 0.3) is 5.57 Å². The lowest BCUT2D eigenvalue weighted by atomic mass is 10.0. The van der Waals surface area contributed by atoms with Gasteiger partial charge in [0.05, 0.1) is 0 Å². The number of carbonyl (C=O) groups excluding carboxylic acids is 1. The van der Waals surface area contributed by atoms with E-state index in [9.17, 15) is 4.79 Å². The number of hydrogen-bond acceptors (Lipinski definition) is 1. The average Bonchev–Trinajstić information content (AvgIpc) is 2.49. The fraction of sp³-hybridized carbons (Fsp3) is 0.0556. The Morgan fingerprint density at radius 3 is 2.11 bits per heavy atom. The van der Waals surface area contributed by atoms with Gasteiger partial charge in [-0.2, -0.15) is 0 Å². The van der Waals surface area contributed by atoms with E-state index in [0.29, 0.717) is 5.57 Å². The van der Waals surface area contributed by atoms with Gasteiger partial charge in [-0.1, -0.05) is 60.4 Å². The van der Waals surface area contributed by atoms with Gasteiger partial charge in [-0.15, -0.1) is 0 Å². The quantitative estimate of drug-likeness (QED) is 0.448. The summed E-state index contributed by atoms with van der Waals surface area (Å²) in [6.45, 7) is 1.79. The Hall–Kier alpha value is -2.59. The van der Waals surface area contributed by atoms with Crippen LogP contribution < -0.4 is 0 Å². The SMILES string of the molecule is C/C(C=O)=C(/C#Cc1ccccc1)c1ccccc1. The zero-order valence-electron chi connectivity index (χ0n) is 10.8. The molecule has 0 saturated carbocycles. The van der Waals surface area contributed by atoms with Crippen LogP contribution in [0.4, 0.5) is 0 Å². The summed E-state index contributed by atoms with van der Waals surface area (Å²) in [5.74, 6) is 6.19. The van der Waals surface area contributed by atoms with Crippen LogP contribution >= 0.6 is 0 Å². The molecule has 92 valence electrons. The molecule has 2 aromatic rings. The van der Waals surface area contributed by atoms with Crippen molar-refractivity contribution in [2.75, 3.05) is 0 Å². The normalized spacial score (nSPS) is 11.0. The number of benzene rings is 2. The Balaban J connectivity index is 2.43. The summed E-state index contributed by atoms with van der Waals surface area (Å²) >= 11 is 0. The molecule has 1 heteroatoms. The van der Waals surface area contributed by atoms with Crippen LogP contribution in [0.5, 0.6) is 0 Å². The van der Waals surface area contributed by atoms with Crippen molar-refractivity contribution in [2.45, 2.75) is 6.92 Å². The summed E-state index contributed by atoms with van der Waals surface area (Å²) in [6, 6.07) is 19.5. The highest BCUT2D eigenvalue weighted by molar-refractivity contribution is 5.94. The zero-order valence-corrected chi connectivity index (χ0v) is 10.8. The molecule has 0 radical (unpaired) electrons. The van der Waals surface area contributed by atoms with E-state index in [2.05, 4.69) is 11.8 Å². The fourth-order valence-corrected chi connectivity index (χ4v) is 1.72. The van der Waals surface area contributed by atoms with E-state index in [4.69, 9.17) is 0 Å². The molecule has 0 atom stereocenters. The molecule has 0 aromatic heterocycles. The molecule has 0 heterocycles. The maximum Gasteiger partial charge on any atom is 0.147 e. The van der Waals surface area contributed by atoms with Gasteiger partial charge in [0.25, 0.3) is 0 Å². The number of allylic oxidation sites excluding steroid dienone is 2. The van der Waals surface area contributed by atoms with Crippen LogP contribution in [0.1, 0.15) is 18.1 Å². The lowest BCUT2D eigenvalue weighted by molar-refractivity contribution is -0.104. The van der Waals surface area contributed by atoms with Crippen molar-refractivity contribution in [2.24, 2.45) is 0 Å². The average molecular weight is 246 g/mol. The second-order valence-corrected chi connectivity index (χ2v) is 4.16. The van der Waals surface area contributed by atoms with Crippen LogP contribution in [0, 0.1) is 11.8 Å². The zero-order chi connectivity index (χ0) is 13.5. The molecule has 0 bridgehead atoms. The van der Waals surface area contributed by atoms with Crippen molar-refractivity contribution in [3.05, 3.63) is 77.4 Å². The molecule has 2 aromatic carbocycles. The molecule has 0 amide bonds. The summed E-state index contributed by atoms with van der Waals surface area (Å²) < 4.78 is 0. The van der Waals surface area contributed by atoms with Crippen LogP contribution in [-0.2, 0) is 4.79 Å². The Morgan fingerprint density at radius 2 is 1.53 bits per heavy atom. The molecular weight excluding hydrogens is 232 g/mol. The molecule has 0 spiro atoms. The van der Waals surface area contributed by atoms with Gasteiger partial charge in [0.2, 0.25) is 0 Å². The predicted molar refractivity (Wildman–Crippen MR) is 78.4 cm³/mol. The maximum atomic E-state index is 11.0. The lowest BCUT2D eigenvalue weighted by Crippen LogP contribution is -1.88. The fourth-order valence-electron chi connectivity index (χ4n) is 1.72. The standard InChI is InChI=1S/C18H14O/c1-15(14-19)18(17-10-6-3-7-11-17)13-12-16-8-4-2-5-9-16/h2-11,14H,1H3/b18-15+. The van der Waals surface area contributed by atoms with Crippen molar-refractivity contribution in [1.29, 1.82) is 0 Å². The number of hydrogen-bond donors (Lipinski definition) is 0. The van der Waals surface area contributed by atoms with Gasteiger partial charge in [0.15, 0.2) is 0 Å². The van der Waals surface area contributed by atoms with Gasteiger partial charge in [0.1, 0.15) is 6.29 Å². The highest BCUT2D eigenvalue weighted by Crippen LogP contribution is 2.16. The molecule has 0 saturated heterocycles. The first kappa shape index (κ1) is 12.9. The molecule has 0 aliphatic heterocycles. The molecule has 1 nitrogen and oxygen atoms in total. The number of aldehydes is 1. The number of rotatable bonds is 2. The van der Waals surface area contributed by atoms with Crippen LogP contribution in [0.15, 0.2) is 66.2 Å². The maximum absolute atomic E-state index is 11.0. The monoisotopic (exact) mass is 246 g/mol. The minimum atomic E-state index is 0.648. The van der Waals surface area contributed by atoms with Crippen molar-refractivity contribution in [3.8, 4) is 11.8 Å². The van der Waals surface area contributed by atoms with Gasteiger partial charge in [-0.3, -0.25) is 4.79 Å². The molecule has 2 rings (SSSR count). The van der Waals surface area contributed by atoms with Crippen molar-refractivity contribution >= 4 is 11.9 Å². The van der Waals surface area contributed by atoms with Gasteiger partial charge in [-0.25, -0.2) is 0 Å². The van der Waals surface area contributed by atoms with E-state index < -0.39 is 0 Å². The highest BCUT2D eigenvalue weighted by atomic mass is 16.1. The Kier molecular flexibility index (Phi) is 4.31. The van der Waals surface area contributed by atoms with Crippen molar-refractivity contribution in [1.82, 2.24) is 0 Å². The lowest BCUT2D eigenvalue weighted by Gasteiger charge is -2.01. The minimum Gasteiger partial charge on any atom is -0.298 e. The first-order valence-electron chi connectivity index (χ1n) is 6.10. The van der Waals surface area contributed by atoms with E-state index in [0.717, 1.165) is 23.0 Å². The van der Waals surface area contributed by atoms with Gasteiger partial charge in [0, 0.05) is 16.7 Å². The second kappa shape index (κ2) is 6.37. The van der Waals surface area contributed by atoms with Crippen LogP contribution in [0.2, 0.25) is 0 Å². The van der Waals surface area contributed by atoms with Crippen LogP contribution in [0.3, 0.4) is 0 Å². The van der Waals surface area contributed by atoms with Gasteiger partial charge < -0.3 is 0 Å². The molecular formula is C18H14O. The summed E-state index contributed by atoms with van der Waals surface area (Å²) in [6.07, 6.45) is 0.849. The first-order chi connectivity index (χ1) is 9.31. The molecule has 0 aliphatic rings. The third kappa shape index (κ3) is 3.43. The second-order valence-electron chi connectivity index (χ2n) is 4.16. The van der Waals surface area contributed by atoms with E-state index in [-0.39, 0.29) is 0 Å². The minimum absolute atomic E-state index is 0.648. The van der Waals surface area contributed by atoms with E-state index in [1.54, 1.807) is 6.92 Å². The van der Waals surface area contributed by atoms with Crippen molar-refractivity contribution in [3.63, 3.8) is 0 Å². The summed E-state index contributed by atoms with van der Waals surface area (Å²) in [5.41, 5.74) is 3.33. The van der Waals surface area contributed by atoms with E-state index in [1.807, 2.05) is 60.7 Å². The summed E-state index contributed by atoms with van der Waals surface area (Å²) in [4.78, 5) is 11.0. The first-order valence-corrected chi connectivity index (χ1v) is 6.10. The van der Waals surface area contributed by atoms with Gasteiger partial charge in [-0.05, 0) is 24.6 Å². The van der Waals surface area contributed by atoms with Gasteiger partial charge >= 0.3 is 0 Å². The molecule has 0 aliphatic carbocycles. The molecule has 0 N–H and O–H groups in total. The third-order valence-electron chi connectivity index (χ3n) is 2.74. The Morgan fingerprint density at radius 1 is 0.947 bits per heavy atom. The number of carbonyl (C=O) groups is 1. The smallest absolute Gasteiger partial charge is 0.147 e. The third-order valence-corrected chi connectivity index (χ3v) is 2.74. The summed E-state index contributed by atoms with van der Waals surface area (Å²) in [5, 5.41) is 0. The Bertz CT molecular complexity index is 640.